The van der Waals surface area contributed by atoms with E-state index in [1.807, 2.05) is 0 Å². The Labute approximate surface area is 173 Å². The van der Waals surface area contributed by atoms with Crippen molar-refractivity contribution in [2.75, 3.05) is 37.6 Å². The predicted molar refractivity (Wildman–Crippen MR) is 97.3 cm³/mol. The zero-order valence-electron chi connectivity index (χ0n) is 15.7. The Hall–Kier alpha value is -1.72. The highest BCUT2D eigenvalue weighted by Crippen LogP contribution is 2.36. The first kappa shape index (κ1) is 23.0. The zero-order valence-corrected chi connectivity index (χ0v) is 16.4. The molecule has 1 N–H and O–H groups in total. The fraction of sp³-hybridized carbons (Fsp3) is 0.611. The summed E-state index contributed by atoms with van der Waals surface area (Å²) in [6.45, 7) is 2.36. The smallest absolute Gasteiger partial charge is 0.434 e. The van der Waals surface area contributed by atoms with Crippen LogP contribution in [-0.2, 0) is 16.1 Å². The number of ether oxygens (including phenoxy) is 1. The van der Waals surface area contributed by atoms with Gasteiger partial charge in [0.2, 0.25) is 0 Å². The molecule has 0 amide bonds. The second-order valence-corrected chi connectivity index (χ2v) is 7.64. The largest absolute Gasteiger partial charge is 0.442 e. The van der Waals surface area contributed by atoms with E-state index in [0.717, 1.165) is 30.8 Å². The highest BCUT2D eigenvalue weighted by molar-refractivity contribution is 6.30. The molecule has 1 aromatic rings. The SMILES string of the molecule is O=C(OC(C(F)(F)F)C(F)(F)F)C1CNCCN1Cc1ccc(Cl)cc1N1CCC1. The standard InChI is InChI=1S/C18H20ClF6N3O2/c19-12-3-2-11(13(8-12)27-5-1-6-27)10-28-7-4-26-9-14(28)15(29)30-16(17(20,21)22)18(23,24)25/h2-3,8,14,16,26H,1,4-7,9-10H2. The number of esters is 1. The lowest BCUT2D eigenvalue weighted by atomic mass is 10.1. The van der Waals surface area contributed by atoms with E-state index in [2.05, 4.69) is 15.0 Å². The van der Waals surface area contributed by atoms with Crippen molar-refractivity contribution < 1.29 is 35.9 Å². The first-order valence-electron chi connectivity index (χ1n) is 9.29. The number of hydrogen-bond donors (Lipinski definition) is 1. The highest BCUT2D eigenvalue weighted by atomic mass is 35.5. The Morgan fingerprint density at radius 2 is 1.83 bits per heavy atom. The fourth-order valence-corrected chi connectivity index (χ4v) is 3.59. The molecule has 1 aromatic carbocycles. The van der Waals surface area contributed by atoms with Crippen LogP contribution in [0.15, 0.2) is 18.2 Å². The van der Waals surface area contributed by atoms with E-state index in [1.165, 1.54) is 4.90 Å². The number of piperazine rings is 1. The van der Waals surface area contributed by atoms with Gasteiger partial charge in [0.05, 0.1) is 0 Å². The molecule has 5 nitrogen and oxygen atoms in total. The molecule has 0 saturated carbocycles. The van der Waals surface area contributed by atoms with Gasteiger partial charge in [-0.05, 0) is 24.1 Å². The average Bonchev–Trinajstić information content (AvgIpc) is 2.59. The lowest BCUT2D eigenvalue weighted by Gasteiger charge is -2.38. The van der Waals surface area contributed by atoms with Crippen molar-refractivity contribution >= 4 is 23.3 Å². The lowest BCUT2D eigenvalue weighted by molar-refractivity contribution is -0.314. The van der Waals surface area contributed by atoms with Crippen LogP contribution in [0.3, 0.4) is 0 Å². The third-order valence-electron chi connectivity index (χ3n) is 5.07. The molecule has 2 saturated heterocycles. The second kappa shape index (κ2) is 8.80. The maximum atomic E-state index is 12.8. The highest BCUT2D eigenvalue weighted by Gasteiger charge is 2.60. The van der Waals surface area contributed by atoms with Crippen LogP contribution in [0, 0.1) is 0 Å². The summed E-state index contributed by atoms with van der Waals surface area (Å²) in [5.74, 6) is -1.57. The van der Waals surface area contributed by atoms with E-state index < -0.39 is 30.5 Å². The minimum absolute atomic E-state index is 0.117. The van der Waals surface area contributed by atoms with Gasteiger partial charge in [0.15, 0.2) is 0 Å². The van der Waals surface area contributed by atoms with Crippen LogP contribution in [0.1, 0.15) is 12.0 Å². The predicted octanol–water partition coefficient (Wildman–Crippen LogP) is 3.36. The van der Waals surface area contributed by atoms with E-state index in [9.17, 15) is 31.1 Å². The summed E-state index contributed by atoms with van der Waals surface area (Å²) in [6, 6.07) is 3.87. The van der Waals surface area contributed by atoms with Crippen LogP contribution in [-0.4, -0.2) is 68.1 Å². The number of alkyl halides is 6. The van der Waals surface area contributed by atoms with Crippen molar-refractivity contribution in [3.8, 4) is 0 Å². The zero-order chi connectivity index (χ0) is 22.1. The molecule has 12 heteroatoms. The van der Waals surface area contributed by atoms with Crippen LogP contribution in [0.4, 0.5) is 32.0 Å². The molecular weight excluding hydrogens is 440 g/mol. The third kappa shape index (κ3) is 5.30. The Balaban J connectivity index is 1.78. The summed E-state index contributed by atoms with van der Waals surface area (Å²) >= 11 is 6.07. The summed E-state index contributed by atoms with van der Waals surface area (Å²) in [7, 11) is 0. The number of nitrogens with zero attached hydrogens (tertiary/aromatic N) is 2. The quantitative estimate of drug-likeness (QED) is 0.540. The summed E-state index contributed by atoms with van der Waals surface area (Å²) in [6.07, 6.45) is -14.7. The van der Waals surface area contributed by atoms with E-state index in [4.69, 9.17) is 11.6 Å². The van der Waals surface area contributed by atoms with E-state index >= 15 is 0 Å². The normalized spacial score (nSPS) is 20.9. The maximum absolute atomic E-state index is 12.8. The van der Waals surface area contributed by atoms with Gasteiger partial charge in [-0.1, -0.05) is 17.7 Å². The van der Waals surface area contributed by atoms with Crippen LogP contribution >= 0.6 is 11.6 Å². The Bertz CT molecular complexity index is 755. The summed E-state index contributed by atoms with van der Waals surface area (Å²) in [5, 5.41) is 3.32. The molecule has 3 rings (SSSR count). The van der Waals surface area contributed by atoms with E-state index in [-0.39, 0.29) is 19.6 Å². The Morgan fingerprint density at radius 3 is 2.40 bits per heavy atom. The molecule has 1 unspecified atom stereocenters. The van der Waals surface area contributed by atoms with E-state index in [1.54, 1.807) is 18.2 Å². The summed E-state index contributed by atoms with van der Waals surface area (Å²) < 4.78 is 80.5. The first-order chi connectivity index (χ1) is 14.0. The first-order valence-corrected chi connectivity index (χ1v) is 9.66. The monoisotopic (exact) mass is 459 g/mol. The van der Waals surface area contributed by atoms with E-state index in [0.29, 0.717) is 11.6 Å². The average molecular weight is 460 g/mol. The van der Waals surface area contributed by atoms with Gasteiger partial charge in [0, 0.05) is 50.0 Å². The van der Waals surface area contributed by atoms with Crippen molar-refractivity contribution in [2.24, 2.45) is 0 Å². The van der Waals surface area contributed by atoms with Crippen molar-refractivity contribution in [3.63, 3.8) is 0 Å². The van der Waals surface area contributed by atoms with Crippen molar-refractivity contribution in [2.45, 2.75) is 37.5 Å². The lowest BCUT2D eigenvalue weighted by Crippen LogP contribution is -2.57. The van der Waals surface area contributed by atoms with Crippen LogP contribution in [0.2, 0.25) is 5.02 Å². The van der Waals surface area contributed by atoms with Crippen LogP contribution < -0.4 is 10.2 Å². The minimum atomic E-state index is -5.75. The fourth-order valence-electron chi connectivity index (χ4n) is 3.42. The number of anilines is 1. The molecule has 168 valence electrons. The van der Waals surface area contributed by atoms with Crippen molar-refractivity contribution in [1.82, 2.24) is 10.2 Å². The van der Waals surface area contributed by atoms with Crippen molar-refractivity contribution in [1.29, 1.82) is 0 Å². The van der Waals surface area contributed by atoms with Crippen molar-refractivity contribution in [3.05, 3.63) is 28.8 Å². The number of carbonyl (C=O) groups excluding carboxylic acids is 1. The molecule has 2 aliphatic heterocycles. The number of rotatable bonds is 5. The number of halogens is 7. The minimum Gasteiger partial charge on any atom is -0.442 e. The molecule has 1 atom stereocenters. The molecule has 2 aliphatic rings. The molecule has 0 bridgehead atoms. The Morgan fingerprint density at radius 1 is 1.17 bits per heavy atom. The molecule has 0 aliphatic carbocycles. The third-order valence-corrected chi connectivity index (χ3v) is 5.31. The topological polar surface area (TPSA) is 44.8 Å². The number of carbonyl (C=O) groups is 1. The van der Waals surface area contributed by atoms with Gasteiger partial charge in [-0.25, -0.2) is 0 Å². The number of benzene rings is 1. The number of nitrogens with one attached hydrogen (secondary N) is 1. The van der Waals surface area contributed by atoms with Gasteiger partial charge in [0.1, 0.15) is 6.04 Å². The molecule has 2 heterocycles. The second-order valence-electron chi connectivity index (χ2n) is 7.20. The van der Waals surface area contributed by atoms with Gasteiger partial charge in [-0.15, -0.1) is 0 Å². The van der Waals surface area contributed by atoms with Gasteiger partial charge in [-0.3, -0.25) is 9.69 Å². The van der Waals surface area contributed by atoms with Crippen LogP contribution in [0.25, 0.3) is 0 Å². The number of hydrogen-bond acceptors (Lipinski definition) is 5. The Kier molecular flexibility index (Phi) is 6.73. The summed E-state index contributed by atoms with van der Waals surface area (Å²) in [4.78, 5) is 15.9. The summed E-state index contributed by atoms with van der Waals surface area (Å²) in [5.41, 5.74) is 1.62. The van der Waals surface area contributed by atoms with Gasteiger partial charge >= 0.3 is 18.3 Å². The molecule has 0 radical (unpaired) electrons. The molecule has 0 spiro atoms. The van der Waals surface area contributed by atoms with Crippen LogP contribution in [0.5, 0.6) is 0 Å². The molecule has 30 heavy (non-hydrogen) atoms. The molecule has 0 aromatic heterocycles. The maximum Gasteiger partial charge on any atom is 0.434 e. The van der Waals surface area contributed by atoms with Gasteiger partial charge in [0.25, 0.3) is 6.10 Å². The molecular formula is C18H20ClF6N3O2. The van der Waals surface area contributed by atoms with Gasteiger partial charge < -0.3 is 15.0 Å². The van der Waals surface area contributed by atoms with Gasteiger partial charge in [-0.2, -0.15) is 26.3 Å². The molecule has 2 fully saturated rings.